The third-order valence-electron chi connectivity index (χ3n) is 3.54. The molecule has 3 rings (SSSR count). The van der Waals surface area contributed by atoms with E-state index in [1.54, 1.807) is 12.3 Å². The molecule has 0 fully saturated rings. The maximum absolute atomic E-state index is 6.39. The lowest BCUT2D eigenvalue weighted by molar-refractivity contribution is 0.168. The molecule has 0 saturated carbocycles. The number of para-hydroxylation sites is 1. The zero-order chi connectivity index (χ0) is 17.8. The molecule has 25 heavy (non-hydrogen) atoms. The van der Waals surface area contributed by atoms with Crippen molar-refractivity contribution in [2.24, 2.45) is 5.16 Å². The highest BCUT2D eigenvalue weighted by Crippen LogP contribution is 2.28. The van der Waals surface area contributed by atoms with Crippen molar-refractivity contribution in [3.8, 4) is 0 Å². The Bertz CT molecular complexity index is 967. The smallest absolute Gasteiger partial charge is 0.137 e. The summed E-state index contributed by atoms with van der Waals surface area (Å²) in [7, 11) is 0. The fourth-order valence-corrected chi connectivity index (χ4v) is 2.74. The summed E-state index contributed by atoms with van der Waals surface area (Å²) in [6.07, 6.45) is 1.75. The third-order valence-corrected chi connectivity index (χ3v) is 4.36. The first-order chi connectivity index (χ1) is 12.1. The molecule has 1 heterocycles. The quantitative estimate of drug-likeness (QED) is 0.319. The third kappa shape index (κ3) is 4.01. The highest BCUT2D eigenvalue weighted by Gasteiger charge is 2.15. The van der Waals surface area contributed by atoms with Crippen LogP contribution in [0.5, 0.6) is 0 Å². The van der Waals surface area contributed by atoms with Crippen molar-refractivity contribution in [3.63, 3.8) is 0 Å². The number of fused-ring (bicyclic) bond motifs is 1. The molecule has 126 valence electrons. The molecule has 0 aliphatic carbocycles. The highest BCUT2D eigenvalue weighted by molar-refractivity contribution is 6.44. The number of nitrogens with zero attached hydrogens (tertiary/aromatic N) is 2. The Labute approximate surface area is 156 Å². The number of aromatic nitrogens is 1. The molecule has 0 N–H and O–H groups in total. The Morgan fingerprint density at radius 2 is 1.96 bits per heavy atom. The molecule has 3 nitrogen and oxygen atoms in total. The molecule has 0 unspecified atom stereocenters. The van der Waals surface area contributed by atoms with Gasteiger partial charge < -0.3 is 4.84 Å². The van der Waals surface area contributed by atoms with E-state index >= 15 is 0 Å². The van der Waals surface area contributed by atoms with Gasteiger partial charge in [-0.2, -0.15) is 0 Å². The van der Waals surface area contributed by atoms with Crippen LogP contribution in [0.15, 0.2) is 72.0 Å². The van der Waals surface area contributed by atoms with Gasteiger partial charge in [0.15, 0.2) is 0 Å². The summed E-state index contributed by atoms with van der Waals surface area (Å²) in [5, 5.41) is 6.18. The van der Waals surface area contributed by atoms with Crippen molar-refractivity contribution in [1.82, 2.24) is 4.98 Å². The van der Waals surface area contributed by atoms with Crippen LogP contribution in [0.2, 0.25) is 10.0 Å². The van der Waals surface area contributed by atoms with Crippen LogP contribution in [0.1, 0.15) is 18.1 Å². The summed E-state index contributed by atoms with van der Waals surface area (Å²) in [6, 6.07) is 15.3. The molecule has 0 bridgehead atoms. The molecular weight excluding hydrogens is 355 g/mol. The van der Waals surface area contributed by atoms with Crippen molar-refractivity contribution in [2.75, 3.05) is 6.61 Å². The number of pyridine rings is 1. The van der Waals surface area contributed by atoms with E-state index < -0.39 is 0 Å². The number of rotatable bonds is 5. The zero-order valence-corrected chi connectivity index (χ0v) is 15.2. The van der Waals surface area contributed by atoms with Gasteiger partial charge in [-0.1, -0.05) is 65.3 Å². The second-order valence-corrected chi connectivity index (χ2v) is 6.47. The van der Waals surface area contributed by atoms with Crippen molar-refractivity contribution in [2.45, 2.75) is 6.92 Å². The number of hydrogen-bond donors (Lipinski definition) is 0. The molecule has 2 aromatic carbocycles. The van der Waals surface area contributed by atoms with E-state index in [1.807, 2.05) is 49.4 Å². The Morgan fingerprint density at radius 1 is 1.16 bits per heavy atom. The predicted octanol–water partition coefficient (Wildman–Crippen LogP) is 5.89. The van der Waals surface area contributed by atoms with Crippen LogP contribution in [0.25, 0.3) is 10.9 Å². The van der Waals surface area contributed by atoms with Gasteiger partial charge >= 0.3 is 0 Å². The molecule has 0 radical (unpaired) electrons. The van der Waals surface area contributed by atoms with E-state index in [0.717, 1.165) is 22.0 Å². The summed E-state index contributed by atoms with van der Waals surface area (Å²) in [4.78, 5) is 9.92. The van der Waals surface area contributed by atoms with Crippen LogP contribution < -0.4 is 0 Å². The van der Waals surface area contributed by atoms with Gasteiger partial charge in [-0.25, -0.2) is 0 Å². The number of benzene rings is 2. The van der Waals surface area contributed by atoms with E-state index in [1.165, 1.54) is 0 Å². The van der Waals surface area contributed by atoms with E-state index in [-0.39, 0.29) is 0 Å². The molecule has 0 aliphatic heterocycles. The lowest BCUT2D eigenvalue weighted by Gasteiger charge is -2.11. The number of oxime groups is 1. The average Bonchev–Trinajstić information content (AvgIpc) is 2.61. The second-order valence-electron chi connectivity index (χ2n) is 5.69. The fraction of sp³-hybridized carbons (Fsp3) is 0.100. The summed E-state index contributed by atoms with van der Waals surface area (Å²) in [6.45, 7) is 6.01. The Balaban J connectivity index is 2.12. The standard InChI is InChI=1S/C20H16Cl2N2O/c1-13(2)12-25-24-20(16-7-5-8-17(21)19(16)22)15-10-14-6-3-4-9-18(14)23-11-15/h3-11H,1,12H2,2H3. The van der Waals surface area contributed by atoms with E-state index in [4.69, 9.17) is 28.0 Å². The topological polar surface area (TPSA) is 34.5 Å². The fourth-order valence-electron chi connectivity index (χ4n) is 2.35. The lowest BCUT2D eigenvalue weighted by atomic mass is 10.0. The SMILES string of the molecule is C=C(C)CON=C(c1cnc2ccccc2c1)c1cccc(Cl)c1Cl. The molecule has 0 atom stereocenters. The summed E-state index contributed by atoms with van der Waals surface area (Å²) in [5.74, 6) is 0. The van der Waals surface area contributed by atoms with Gasteiger partial charge in [0.2, 0.25) is 0 Å². The van der Waals surface area contributed by atoms with Crippen LogP contribution >= 0.6 is 23.2 Å². The minimum Gasteiger partial charge on any atom is -0.391 e. The molecule has 0 aliphatic rings. The monoisotopic (exact) mass is 370 g/mol. The zero-order valence-electron chi connectivity index (χ0n) is 13.7. The first-order valence-corrected chi connectivity index (χ1v) is 8.46. The number of hydrogen-bond acceptors (Lipinski definition) is 3. The van der Waals surface area contributed by atoms with Gasteiger partial charge in [0.05, 0.1) is 15.6 Å². The minimum absolute atomic E-state index is 0.322. The Kier molecular flexibility index (Phi) is 5.37. The van der Waals surface area contributed by atoms with Crippen molar-refractivity contribution < 1.29 is 4.84 Å². The van der Waals surface area contributed by atoms with Gasteiger partial charge in [-0.05, 0) is 30.7 Å². The molecule has 5 heteroatoms. The molecule has 0 saturated heterocycles. The summed E-state index contributed by atoms with van der Waals surface area (Å²) in [5.41, 5.74) is 3.84. The van der Waals surface area contributed by atoms with Gasteiger partial charge in [-0.3, -0.25) is 4.98 Å². The molecule has 1 aromatic heterocycles. The van der Waals surface area contributed by atoms with Crippen LogP contribution in [0.3, 0.4) is 0 Å². The van der Waals surface area contributed by atoms with Crippen molar-refractivity contribution >= 4 is 39.8 Å². The summed E-state index contributed by atoms with van der Waals surface area (Å²) < 4.78 is 0. The van der Waals surface area contributed by atoms with Crippen LogP contribution in [0.4, 0.5) is 0 Å². The van der Waals surface area contributed by atoms with Gasteiger partial charge in [0, 0.05) is 22.7 Å². The normalized spacial score (nSPS) is 11.6. The number of halogens is 2. The second kappa shape index (κ2) is 7.68. The minimum atomic E-state index is 0.322. The van der Waals surface area contributed by atoms with E-state index in [2.05, 4.69) is 16.7 Å². The first-order valence-electron chi connectivity index (χ1n) is 7.70. The summed E-state index contributed by atoms with van der Waals surface area (Å²) >= 11 is 12.6. The molecule has 0 spiro atoms. The maximum atomic E-state index is 6.39. The molecule has 0 amide bonds. The highest BCUT2D eigenvalue weighted by atomic mass is 35.5. The van der Waals surface area contributed by atoms with Crippen molar-refractivity contribution in [1.29, 1.82) is 0 Å². The Hall–Kier alpha value is -2.36. The average molecular weight is 371 g/mol. The van der Waals surface area contributed by atoms with Gasteiger partial charge in [-0.15, -0.1) is 0 Å². The van der Waals surface area contributed by atoms with E-state index in [0.29, 0.717) is 27.9 Å². The van der Waals surface area contributed by atoms with Gasteiger partial charge in [0.25, 0.3) is 0 Å². The van der Waals surface area contributed by atoms with Crippen LogP contribution in [-0.4, -0.2) is 17.3 Å². The van der Waals surface area contributed by atoms with Gasteiger partial charge in [0.1, 0.15) is 12.3 Å². The molecular formula is C20H16Cl2N2O. The predicted molar refractivity (Wildman–Crippen MR) is 105 cm³/mol. The first kappa shape index (κ1) is 17.5. The Morgan fingerprint density at radius 3 is 2.76 bits per heavy atom. The largest absolute Gasteiger partial charge is 0.391 e. The lowest BCUT2D eigenvalue weighted by Crippen LogP contribution is -2.07. The van der Waals surface area contributed by atoms with Crippen LogP contribution in [-0.2, 0) is 4.84 Å². The van der Waals surface area contributed by atoms with E-state index in [9.17, 15) is 0 Å². The van der Waals surface area contributed by atoms with Crippen molar-refractivity contribution in [3.05, 3.63) is 88.1 Å². The van der Waals surface area contributed by atoms with Crippen LogP contribution in [0, 0.1) is 0 Å². The maximum Gasteiger partial charge on any atom is 0.137 e. The molecule has 3 aromatic rings.